The highest BCUT2D eigenvalue weighted by Crippen LogP contribution is 2.17. The van der Waals surface area contributed by atoms with E-state index in [4.69, 9.17) is 0 Å². The highest BCUT2D eigenvalue weighted by molar-refractivity contribution is 7.11. The molecule has 1 aromatic heterocycles. The Kier molecular flexibility index (Phi) is 7.18. The van der Waals surface area contributed by atoms with Gasteiger partial charge in [0.15, 0.2) is 5.96 Å². The number of hydrogen-bond acceptors (Lipinski definition) is 3. The van der Waals surface area contributed by atoms with E-state index in [2.05, 4.69) is 20.6 Å². The standard InChI is InChI=1S/C18H25FN4S/c1-4-20-18(22-12-17-13(2)23-14(3)24-17)21-10-6-8-15-7-5-9-16(19)11-15/h5,7,9,11H,4,6,8,10,12H2,1-3H3,(H2,20,21,22). The Hall–Kier alpha value is -1.95. The molecule has 0 amide bonds. The number of thiazole rings is 1. The van der Waals surface area contributed by atoms with Crippen molar-refractivity contribution in [1.29, 1.82) is 0 Å². The zero-order valence-electron chi connectivity index (χ0n) is 14.5. The van der Waals surface area contributed by atoms with Gasteiger partial charge in [-0.2, -0.15) is 0 Å². The zero-order chi connectivity index (χ0) is 17.4. The summed E-state index contributed by atoms with van der Waals surface area (Å²) in [6.07, 6.45) is 1.77. The molecule has 1 heterocycles. The highest BCUT2D eigenvalue weighted by Gasteiger charge is 2.05. The van der Waals surface area contributed by atoms with Gasteiger partial charge in [-0.1, -0.05) is 12.1 Å². The van der Waals surface area contributed by atoms with E-state index in [1.165, 1.54) is 10.9 Å². The normalized spacial score (nSPS) is 11.6. The Bertz CT molecular complexity index is 681. The summed E-state index contributed by atoms with van der Waals surface area (Å²) in [7, 11) is 0. The zero-order valence-corrected chi connectivity index (χ0v) is 15.3. The van der Waals surface area contributed by atoms with E-state index < -0.39 is 0 Å². The minimum atomic E-state index is -0.175. The van der Waals surface area contributed by atoms with Crippen LogP contribution in [0.4, 0.5) is 4.39 Å². The SMILES string of the molecule is CCNC(=NCc1sc(C)nc1C)NCCCc1cccc(F)c1. The molecule has 24 heavy (non-hydrogen) atoms. The third kappa shape index (κ3) is 5.92. The number of hydrogen-bond donors (Lipinski definition) is 2. The van der Waals surface area contributed by atoms with Crippen LogP contribution in [0.3, 0.4) is 0 Å². The first-order chi connectivity index (χ1) is 11.6. The molecule has 2 N–H and O–H groups in total. The number of nitrogens with zero attached hydrogens (tertiary/aromatic N) is 2. The quantitative estimate of drug-likeness (QED) is 0.457. The van der Waals surface area contributed by atoms with Crippen LogP contribution in [0, 0.1) is 19.7 Å². The number of aromatic nitrogens is 1. The second-order valence-corrected chi connectivity index (χ2v) is 6.88. The average molecular weight is 348 g/mol. The van der Waals surface area contributed by atoms with Gasteiger partial charge >= 0.3 is 0 Å². The number of aliphatic imine (C=N–C) groups is 1. The Morgan fingerprint density at radius 1 is 1.29 bits per heavy atom. The number of halogens is 1. The second kappa shape index (κ2) is 9.37. The van der Waals surface area contributed by atoms with Crippen molar-refractivity contribution in [3.8, 4) is 0 Å². The summed E-state index contributed by atoms with van der Waals surface area (Å²) < 4.78 is 13.2. The molecule has 0 aliphatic rings. The predicted octanol–water partition coefficient (Wildman–Crippen LogP) is 3.59. The predicted molar refractivity (Wildman–Crippen MR) is 99.1 cm³/mol. The van der Waals surface area contributed by atoms with Gasteiger partial charge < -0.3 is 10.6 Å². The van der Waals surface area contributed by atoms with E-state index in [1.807, 2.05) is 26.8 Å². The molecular weight excluding hydrogens is 323 g/mol. The lowest BCUT2D eigenvalue weighted by Crippen LogP contribution is -2.37. The highest BCUT2D eigenvalue weighted by atomic mass is 32.1. The van der Waals surface area contributed by atoms with Gasteiger partial charge in [0, 0.05) is 18.0 Å². The maximum absolute atomic E-state index is 13.2. The fourth-order valence-electron chi connectivity index (χ4n) is 2.40. The fraction of sp³-hybridized carbons (Fsp3) is 0.444. The van der Waals surface area contributed by atoms with Gasteiger partial charge in [0.1, 0.15) is 5.82 Å². The van der Waals surface area contributed by atoms with Crippen molar-refractivity contribution in [2.24, 2.45) is 4.99 Å². The van der Waals surface area contributed by atoms with Crippen molar-refractivity contribution in [2.75, 3.05) is 13.1 Å². The molecular formula is C18H25FN4S. The lowest BCUT2D eigenvalue weighted by Gasteiger charge is -2.11. The van der Waals surface area contributed by atoms with E-state index in [1.54, 1.807) is 23.5 Å². The van der Waals surface area contributed by atoms with Crippen LogP contribution in [-0.4, -0.2) is 24.0 Å². The lowest BCUT2D eigenvalue weighted by atomic mass is 10.1. The molecule has 0 fully saturated rings. The molecule has 0 saturated carbocycles. The fourth-order valence-corrected chi connectivity index (χ4v) is 3.27. The van der Waals surface area contributed by atoms with Crippen LogP contribution in [-0.2, 0) is 13.0 Å². The minimum absolute atomic E-state index is 0.175. The van der Waals surface area contributed by atoms with Crippen LogP contribution in [0.5, 0.6) is 0 Å². The lowest BCUT2D eigenvalue weighted by molar-refractivity contribution is 0.624. The van der Waals surface area contributed by atoms with Crippen LogP contribution < -0.4 is 10.6 Å². The van der Waals surface area contributed by atoms with Crippen molar-refractivity contribution >= 4 is 17.3 Å². The van der Waals surface area contributed by atoms with Gasteiger partial charge in [0.25, 0.3) is 0 Å². The topological polar surface area (TPSA) is 49.3 Å². The largest absolute Gasteiger partial charge is 0.357 e. The molecule has 0 spiro atoms. The van der Waals surface area contributed by atoms with Crippen LogP contribution in [0.1, 0.15) is 34.5 Å². The maximum Gasteiger partial charge on any atom is 0.191 e. The first-order valence-electron chi connectivity index (χ1n) is 8.28. The smallest absolute Gasteiger partial charge is 0.191 e. The monoisotopic (exact) mass is 348 g/mol. The Balaban J connectivity index is 1.82. The Morgan fingerprint density at radius 2 is 2.12 bits per heavy atom. The van der Waals surface area contributed by atoms with Crippen LogP contribution >= 0.6 is 11.3 Å². The number of nitrogens with one attached hydrogen (secondary N) is 2. The van der Waals surface area contributed by atoms with E-state index in [-0.39, 0.29) is 5.82 Å². The molecule has 0 unspecified atom stereocenters. The van der Waals surface area contributed by atoms with Crippen molar-refractivity contribution < 1.29 is 4.39 Å². The number of benzene rings is 1. The van der Waals surface area contributed by atoms with Gasteiger partial charge in [-0.25, -0.2) is 14.4 Å². The number of guanidine groups is 1. The summed E-state index contributed by atoms with van der Waals surface area (Å²) in [5, 5.41) is 7.66. The molecule has 0 saturated heterocycles. The third-order valence-corrected chi connectivity index (χ3v) is 4.61. The molecule has 1 aromatic carbocycles. The van der Waals surface area contributed by atoms with Gasteiger partial charge in [-0.3, -0.25) is 0 Å². The third-order valence-electron chi connectivity index (χ3n) is 3.55. The van der Waals surface area contributed by atoms with Crippen LogP contribution in [0.25, 0.3) is 0 Å². The summed E-state index contributed by atoms with van der Waals surface area (Å²) >= 11 is 1.69. The molecule has 0 bridgehead atoms. The summed E-state index contributed by atoms with van der Waals surface area (Å²) in [6, 6.07) is 6.77. The first-order valence-corrected chi connectivity index (χ1v) is 9.09. The Labute approximate surface area is 147 Å². The number of rotatable bonds is 7. The van der Waals surface area contributed by atoms with Gasteiger partial charge in [-0.05, 0) is 51.3 Å². The summed E-state index contributed by atoms with van der Waals surface area (Å²) in [5.74, 6) is 0.632. The molecule has 0 radical (unpaired) electrons. The maximum atomic E-state index is 13.2. The molecule has 130 valence electrons. The molecule has 0 aliphatic heterocycles. The van der Waals surface area contributed by atoms with E-state index in [0.717, 1.165) is 48.2 Å². The van der Waals surface area contributed by atoms with Crippen molar-refractivity contribution in [2.45, 2.75) is 40.2 Å². The molecule has 2 aromatic rings. The van der Waals surface area contributed by atoms with Crippen LogP contribution in [0.2, 0.25) is 0 Å². The Morgan fingerprint density at radius 3 is 2.79 bits per heavy atom. The summed E-state index contributed by atoms with van der Waals surface area (Å²) in [6.45, 7) is 8.33. The molecule has 4 nitrogen and oxygen atoms in total. The molecule has 6 heteroatoms. The molecule has 0 aliphatic carbocycles. The van der Waals surface area contributed by atoms with Gasteiger partial charge in [-0.15, -0.1) is 11.3 Å². The van der Waals surface area contributed by atoms with Crippen LogP contribution in [0.15, 0.2) is 29.3 Å². The van der Waals surface area contributed by atoms with E-state index in [0.29, 0.717) is 6.54 Å². The molecule has 0 atom stereocenters. The minimum Gasteiger partial charge on any atom is -0.357 e. The van der Waals surface area contributed by atoms with Gasteiger partial charge in [0.05, 0.1) is 17.2 Å². The first kappa shape index (κ1) is 18.4. The molecule has 2 rings (SSSR count). The number of aryl methyl sites for hydroxylation is 3. The van der Waals surface area contributed by atoms with Crippen molar-refractivity contribution in [1.82, 2.24) is 15.6 Å². The van der Waals surface area contributed by atoms with Crippen molar-refractivity contribution in [3.63, 3.8) is 0 Å². The second-order valence-electron chi connectivity index (χ2n) is 5.60. The van der Waals surface area contributed by atoms with E-state index in [9.17, 15) is 4.39 Å². The summed E-state index contributed by atoms with van der Waals surface area (Å²) in [5.41, 5.74) is 2.08. The average Bonchev–Trinajstić information content (AvgIpc) is 2.87. The summed E-state index contributed by atoms with van der Waals surface area (Å²) in [4.78, 5) is 10.2. The van der Waals surface area contributed by atoms with Gasteiger partial charge in [0.2, 0.25) is 0 Å². The van der Waals surface area contributed by atoms with E-state index >= 15 is 0 Å². The van der Waals surface area contributed by atoms with Crippen molar-refractivity contribution in [3.05, 3.63) is 51.2 Å².